The van der Waals surface area contributed by atoms with Crippen molar-refractivity contribution in [1.29, 1.82) is 0 Å². The lowest BCUT2D eigenvalue weighted by Gasteiger charge is -2.32. The molecule has 0 bridgehead atoms. The molecule has 2 atom stereocenters. The molecule has 1 aromatic heterocycles. The average Bonchev–Trinajstić information content (AvgIpc) is 3.01. The third kappa shape index (κ3) is 4.07. The van der Waals surface area contributed by atoms with Crippen molar-refractivity contribution in [2.45, 2.75) is 38.4 Å². The molecule has 0 spiro atoms. The molecule has 2 aliphatic heterocycles. The van der Waals surface area contributed by atoms with E-state index in [1.807, 2.05) is 11.3 Å². The lowest BCUT2D eigenvalue weighted by atomic mass is 10.1. The number of ether oxygens (including phenoxy) is 1. The van der Waals surface area contributed by atoms with E-state index >= 15 is 0 Å². The molecule has 0 aliphatic carbocycles. The van der Waals surface area contributed by atoms with E-state index in [-0.39, 0.29) is 11.9 Å². The van der Waals surface area contributed by atoms with Gasteiger partial charge in [-0.25, -0.2) is 0 Å². The fraction of sp³-hybridized carbons (Fsp3) is 0.688. The second-order valence-corrected chi connectivity index (χ2v) is 7.17. The van der Waals surface area contributed by atoms with Gasteiger partial charge in [-0.1, -0.05) is 0 Å². The van der Waals surface area contributed by atoms with Crippen molar-refractivity contribution in [3.63, 3.8) is 0 Å². The van der Waals surface area contributed by atoms with Crippen LogP contribution in [0, 0.1) is 0 Å². The Kier molecular flexibility index (Phi) is 5.46. The van der Waals surface area contributed by atoms with Gasteiger partial charge < -0.3 is 15.4 Å². The van der Waals surface area contributed by atoms with Crippen LogP contribution in [0.1, 0.15) is 23.8 Å². The highest BCUT2D eigenvalue weighted by molar-refractivity contribution is 7.10. The summed E-state index contributed by atoms with van der Waals surface area (Å²) in [5.41, 5.74) is 1.46. The lowest BCUT2D eigenvalue weighted by molar-refractivity contribution is -0.122. The van der Waals surface area contributed by atoms with Gasteiger partial charge in [0.15, 0.2) is 0 Å². The number of carbonyl (C=O) groups is 1. The number of rotatable bonds is 5. The van der Waals surface area contributed by atoms with Crippen molar-refractivity contribution >= 4 is 17.2 Å². The van der Waals surface area contributed by atoms with Crippen molar-refractivity contribution in [3.8, 4) is 0 Å². The summed E-state index contributed by atoms with van der Waals surface area (Å²) in [4.78, 5) is 16.0. The first-order chi connectivity index (χ1) is 10.7. The Labute approximate surface area is 136 Å². The number of hydrogen-bond acceptors (Lipinski definition) is 5. The standard InChI is InChI=1S/C16H25N3O2S/c1-12(19-5-2-15-13(10-19)3-7-22-15)9-18-16(20)8-14-11-21-6-4-17-14/h3,7,12,14,17H,2,4-6,8-11H2,1H3,(H,18,20). The minimum atomic E-state index is 0.114. The number of morpholine rings is 1. The summed E-state index contributed by atoms with van der Waals surface area (Å²) in [6, 6.07) is 2.76. The number of amides is 1. The molecule has 1 saturated heterocycles. The van der Waals surface area contributed by atoms with E-state index < -0.39 is 0 Å². The SMILES string of the molecule is CC(CNC(=O)CC1COCCN1)N1CCc2sccc2C1. The second kappa shape index (κ2) is 7.55. The van der Waals surface area contributed by atoms with Crippen LogP contribution in [0.2, 0.25) is 0 Å². The van der Waals surface area contributed by atoms with Crippen molar-refractivity contribution < 1.29 is 9.53 Å². The predicted molar refractivity (Wildman–Crippen MR) is 88.1 cm³/mol. The van der Waals surface area contributed by atoms with Crippen molar-refractivity contribution in [3.05, 3.63) is 21.9 Å². The molecule has 22 heavy (non-hydrogen) atoms. The van der Waals surface area contributed by atoms with E-state index in [9.17, 15) is 4.79 Å². The zero-order valence-corrected chi connectivity index (χ0v) is 14.0. The van der Waals surface area contributed by atoms with Gasteiger partial charge in [0.05, 0.1) is 13.2 Å². The highest BCUT2D eigenvalue weighted by atomic mass is 32.1. The van der Waals surface area contributed by atoms with E-state index in [4.69, 9.17) is 4.74 Å². The number of nitrogens with zero attached hydrogens (tertiary/aromatic N) is 1. The van der Waals surface area contributed by atoms with E-state index in [2.05, 4.69) is 33.9 Å². The topological polar surface area (TPSA) is 53.6 Å². The normalized spacial score (nSPS) is 23.8. The highest BCUT2D eigenvalue weighted by Gasteiger charge is 2.22. The Morgan fingerprint density at radius 1 is 1.64 bits per heavy atom. The van der Waals surface area contributed by atoms with Crippen LogP contribution < -0.4 is 10.6 Å². The van der Waals surface area contributed by atoms with Gasteiger partial charge in [-0.05, 0) is 30.4 Å². The Hall–Kier alpha value is -0.950. The molecule has 3 rings (SSSR count). The van der Waals surface area contributed by atoms with E-state index in [0.717, 1.165) is 32.7 Å². The molecular formula is C16H25N3O2S. The summed E-state index contributed by atoms with van der Waals surface area (Å²) in [6.45, 7) is 7.22. The quantitative estimate of drug-likeness (QED) is 0.848. The van der Waals surface area contributed by atoms with Crippen molar-refractivity contribution in [2.24, 2.45) is 0 Å². The fourth-order valence-corrected chi connectivity index (χ4v) is 3.97. The fourth-order valence-electron chi connectivity index (χ4n) is 3.08. The highest BCUT2D eigenvalue weighted by Crippen LogP contribution is 2.24. The first kappa shape index (κ1) is 15.9. The zero-order valence-electron chi connectivity index (χ0n) is 13.1. The number of carbonyl (C=O) groups excluding carboxylic acids is 1. The number of nitrogens with one attached hydrogen (secondary N) is 2. The molecule has 1 fully saturated rings. The van der Waals surface area contributed by atoms with Crippen LogP contribution in [0.25, 0.3) is 0 Å². The first-order valence-corrected chi connectivity index (χ1v) is 8.97. The van der Waals surface area contributed by atoms with Crippen LogP contribution in [-0.4, -0.2) is 55.7 Å². The summed E-state index contributed by atoms with van der Waals surface area (Å²) in [7, 11) is 0. The summed E-state index contributed by atoms with van der Waals surface area (Å²) >= 11 is 1.86. The number of hydrogen-bond donors (Lipinski definition) is 2. The van der Waals surface area contributed by atoms with Gasteiger partial charge >= 0.3 is 0 Å². The molecule has 0 radical (unpaired) electrons. The molecule has 2 unspecified atom stereocenters. The van der Waals surface area contributed by atoms with Gasteiger partial charge in [0, 0.05) is 49.6 Å². The van der Waals surface area contributed by atoms with Gasteiger partial charge in [0.2, 0.25) is 5.91 Å². The maximum absolute atomic E-state index is 12.0. The average molecular weight is 323 g/mol. The molecule has 1 amide bonds. The molecule has 2 N–H and O–H groups in total. The van der Waals surface area contributed by atoms with Gasteiger partial charge in [0.25, 0.3) is 0 Å². The zero-order chi connectivity index (χ0) is 15.4. The van der Waals surface area contributed by atoms with Crippen LogP contribution in [0.4, 0.5) is 0 Å². The Balaban J connectivity index is 1.40. The van der Waals surface area contributed by atoms with Crippen LogP contribution in [-0.2, 0) is 22.5 Å². The lowest BCUT2D eigenvalue weighted by Crippen LogP contribution is -2.47. The molecule has 3 heterocycles. The molecule has 1 aromatic rings. The van der Waals surface area contributed by atoms with Crippen molar-refractivity contribution in [2.75, 3.05) is 32.8 Å². The third-order valence-corrected chi connectivity index (χ3v) is 5.51. The minimum absolute atomic E-state index is 0.114. The van der Waals surface area contributed by atoms with Gasteiger partial charge in [-0.2, -0.15) is 0 Å². The van der Waals surface area contributed by atoms with Crippen LogP contribution in [0.15, 0.2) is 11.4 Å². The van der Waals surface area contributed by atoms with E-state index in [1.165, 1.54) is 10.4 Å². The molecule has 6 heteroatoms. The molecule has 5 nitrogen and oxygen atoms in total. The number of fused-ring (bicyclic) bond motifs is 1. The summed E-state index contributed by atoms with van der Waals surface area (Å²) in [5.74, 6) is 0.114. The molecule has 122 valence electrons. The molecular weight excluding hydrogens is 298 g/mol. The Morgan fingerprint density at radius 2 is 2.55 bits per heavy atom. The smallest absolute Gasteiger partial charge is 0.221 e. The van der Waals surface area contributed by atoms with Gasteiger partial charge in [-0.3, -0.25) is 9.69 Å². The maximum atomic E-state index is 12.0. The van der Waals surface area contributed by atoms with Crippen LogP contribution in [0.5, 0.6) is 0 Å². The minimum Gasteiger partial charge on any atom is -0.378 e. The van der Waals surface area contributed by atoms with E-state index in [0.29, 0.717) is 25.6 Å². The Bertz CT molecular complexity index is 499. The monoisotopic (exact) mass is 323 g/mol. The maximum Gasteiger partial charge on any atom is 0.221 e. The second-order valence-electron chi connectivity index (χ2n) is 6.17. The van der Waals surface area contributed by atoms with Gasteiger partial charge in [-0.15, -0.1) is 11.3 Å². The van der Waals surface area contributed by atoms with Crippen LogP contribution >= 0.6 is 11.3 Å². The predicted octanol–water partition coefficient (Wildman–Crippen LogP) is 0.989. The largest absolute Gasteiger partial charge is 0.378 e. The first-order valence-electron chi connectivity index (χ1n) is 8.09. The molecule has 0 saturated carbocycles. The third-order valence-electron chi connectivity index (χ3n) is 4.49. The number of thiophene rings is 1. The molecule has 0 aromatic carbocycles. The van der Waals surface area contributed by atoms with Gasteiger partial charge in [0.1, 0.15) is 0 Å². The van der Waals surface area contributed by atoms with Crippen molar-refractivity contribution in [1.82, 2.24) is 15.5 Å². The van der Waals surface area contributed by atoms with E-state index in [1.54, 1.807) is 0 Å². The Morgan fingerprint density at radius 3 is 3.36 bits per heavy atom. The van der Waals surface area contributed by atoms with Crippen LogP contribution in [0.3, 0.4) is 0 Å². The summed E-state index contributed by atoms with van der Waals surface area (Å²) in [5, 5.41) is 8.57. The summed E-state index contributed by atoms with van der Waals surface area (Å²) < 4.78 is 5.38. The summed E-state index contributed by atoms with van der Waals surface area (Å²) in [6.07, 6.45) is 1.63. The molecule has 2 aliphatic rings.